The zero-order chi connectivity index (χ0) is 25.8. The van der Waals surface area contributed by atoms with E-state index in [1.807, 2.05) is 6.07 Å². The second-order valence-corrected chi connectivity index (χ2v) is 7.97. The van der Waals surface area contributed by atoms with Crippen molar-refractivity contribution in [3.05, 3.63) is 70.0 Å². The Morgan fingerprint density at radius 2 is 2.00 bits per heavy atom. The molecular formula is C24H15F3N4O5. The molecule has 0 N–H and O–H groups in total. The van der Waals surface area contributed by atoms with Crippen molar-refractivity contribution < 1.29 is 31.9 Å². The normalized spacial score (nSPS) is 13.6. The van der Waals surface area contributed by atoms with Gasteiger partial charge in [0.05, 0.1) is 29.0 Å². The van der Waals surface area contributed by atoms with E-state index in [1.165, 1.54) is 49.4 Å². The van der Waals surface area contributed by atoms with Gasteiger partial charge in [-0.3, -0.25) is 9.59 Å². The third-order valence-corrected chi connectivity index (χ3v) is 5.68. The average Bonchev–Trinajstić information content (AvgIpc) is 3.44. The molecule has 0 atom stereocenters. The first kappa shape index (κ1) is 23.0. The molecule has 4 aromatic rings. The molecule has 9 nitrogen and oxygen atoms in total. The molecule has 5 rings (SSSR count). The Morgan fingerprint density at radius 1 is 1.22 bits per heavy atom. The molecule has 1 aliphatic rings. The van der Waals surface area contributed by atoms with Gasteiger partial charge in [-0.05, 0) is 43.3 Å². The van der Waals surface area contributed by atoms with Crippen molar-refractivity contribution in [3.8, 4) is 28.8 Å². The van der Waals surface area contributed by atoms with Crippen LogP contribution in [0.15, 0.2) is 51.9 Å². The average molecular weight is 496 g/mol. The fourth-order valence-electron chi connectivity index (χ4n) is 3.96. The van der Waals surface area contributed by atoms with Crippen molar-refractivity contribution >= 4 is 22.6 Å². The SMILES string of the molecule is Cc1c(N(C)C(=O)Cn2nc(-c3cc(F)cc(C#N)c3)c3occc3c2=O)ccc2c1OC(F)(F)O2. The number of hydrogen-bond acceptors (Lipinski definition) is 7. The molecule has 12 heteroatoms. The monoisotopic (exact) mass is 496 g/mol. The number of carbonyl (C=O) groups is 1. The molecule has 3 heterocycles. The summed E-state index contributed by atoms with van der Waals surface area (Å²) in [4.78, 5) is 27.2. The summed E-state index contributed by atoms with van der Waals surface area (Å²) in [5, 5.41) is 13.5. The minimum atomic E-state index is -3.82. The maximum absolute atomic E-state index is 14.1. The third kappa shape index (κ3) is 3.80. The number of halogens is 3. The van der Waals surface area contributed by atoms with Crippen LogP contribution in [-0.4, -0.2) is 29.0 Å². The number of ether oxygens (including phenoxy) is 2. The fourth-order valence-corrected chi connectivity index (χ4v) is 3.96. The summed E-state index contributed by atoms with van der Waals surface area (Å²) in [5.41, 5.74) is 0.180. The van der Waals surface area contributed by atoms with E-state index in [0.717, 1.165) is 16.8 Å². The number of benzene rings is 2. The number of fused-ring (bicyclic) bond motifs is 2. The van der Waals surface area contributed by atoms with Crippen LogP contribution >= 0.6 is 0 Å². The highest BCUT2D eigenvalue weighted by Gasteiger charge is 2.44. The van der Waals surface area contributed by atoms with Gasteiger partial charge in [-0.2, -0.15) is 10.4 Å². The zero-order valence-electron chi connectivity index (χ0n) is 18.7. The van der Waals surface area contributed by atoms with Crippen molar-refractivity contribution in [3.63, 3.8) is 0 Å². The van der Waals surface area contributed by atoms with E-state index in [9.17, 15) is 28.0 Å². The van der Waals surface area contributed by atoms with E-state index in [1.54, 1.807) is 0 Å². The lowest BCUT2D eigenvalue weighted by molar-refractivity contribution is -0.286. The lowest BCUT2D eigenvalue weighted by Crippen LogP contribution is -2.35. The van der Waals surface area contributed by atoms with E-state index in [4.69, 9.17) is 4.42 Å². The van der Waals surface area contributed by atoms with Crippen molar-refractivity contribution in [2.45, 2.75) is 19.8 Å². The van der Waals surface area contributed by atoms with E-state index < -0.39 is 30.1 Å². The number of alkyl halides is 2. The smallest absolute Gasteiger partial charge is 0.462 e. The Bertz CT molecular complexity index is 1650. The first-order chi connectivity index (χ1) is 17.1. The maximum atomic E-state index is 14.1. The second kappa shape index (κ2) is 8.16. The number of likely N-dealkylation sites (N-methyl/N-ethyl adjacent to an activating group) is 1. The first-order valence-corrected chi connectivity index (χ1v) is 10.4. The minimum absolute atomic E-state index is 0.0314. The molecule has 0 saturated heterocycles. The van der Waals surface area contributed by atoms with E-state index >= 15 is 0 Å². The largest absolute Gasteiger partial charge is 0.586 e. The number of aromatic nitrogens is 2. The van der Waals surface area contributed by atoms with Gasteiger partial charge in [-0.25, -0.2) is 9.07 Å². The van der Waals surface area contributed by atoms with Gasteiger partial charge in [0.15, 0.2) is 17.1 Å². The number of furan rings is 1. The predicted octanol–water partition coefficient (Wildman–Crippen LogP) is 3.96. The Morgan fingerprint density at radius 3 is 2.75 bits per heavy atom. The lowest BCUT2D eigenvalue weighted by Gasteiger charge is -2.20. The Kier molecular flexibility index (Phi) is 5.21. The summed E-state index contributed by atoms with van der Waals surface area (Å²) < 4.78 is 56.3. The van der Waals surface area contributed by atoms with Crippen LogP contribution in [0.5, 0.6) is 11.5 Å². The number of amides is 1. The summed E-state index contributed by atoms with van der Waals surface area (Å²) in [5.74, 6) is -1.66. The lowest BCUT2D eigenvalue weighted by atomic mass is 10.1. The quantitative estimate of drug-likeness (QED) is 0.421. The molecule has 2 aromatic heterocycles. The number of carbonyl (C=O) groups excluding carboxylic acids is 1. The second-order valence-electron chi connectivity index (χ2n) is 7.97. The summed E-state index contributed by atoms with van der Waals surface area (Å²) in [6.07, 6.45) is -2.56. The predicted molar refractivity (Wildman–Crippen MR) is 119 cm³/mol. The number of anilines is 1. The molecule has 0 aliphatic carbocycles. The third-order valence-electron chi connectivity index (χ3n) is 5.68. The van der Waals surface area contributed by atoms with E-state index in [-0.39, 0.29) is 50.5 Å². The van der Waals surface area contributed by atoms with Crippen LogP contribution < -0.4 is 19.9 Å². The van der Waals surface area contributed by atoms with Gasteiger partial charge in [0.2, 0.25) is 5.91 Å². The van der Waals surface area contributed by atoms with Crippen LogP contribution in [0.25, 0.3) is 22.2 Å². The standard InChI is InChI=1S/C24H15F3N4O5/c1-12-17(3-4-18-21(12)36-24(26,27)35-18)30(2)19(32)11-31-23(33)16-5-6-34-22(16)20(29-31)14-7-13(10-28)8-15(25)9-14/h3-9H,11H2,1-2H3. The van der Waals surface area contributed by atoms with Gasteiger partial charge in [-0.1, -0.05) is 0 Å². The molecule has 2 aromatic carbocycles. The molecule has 0 fully saturated rings. The minimum Gasteiger partial charge on any atom is -0.462 e. The molecule has 0 radical (unpaired) electrons. The van der Waals surface area contributed by atoms with Crippen LogP contribution in [0.3, 0.4) is 0 Å². The Balaban J connectivity index is 1.52. The van der Waals surface area contributed by atoms with Gasteiger partial charge in [0.25, 0.3) is 5.56 Å². The highest BCUT2D eigenvalue weighted by molar-refractivity contribution is 5.95. The zero-order valence-corrected chi connectivity index (χ0v) is 18.7. The first-order valence-electron chi connectivity index (χ1n) is 10.4. The van der Waals surface area contributed by atoms with Crippen LogP contribution in [0, 0.1) is 24.1 Å². The maximum Gasteiger partial charge on any atom is 0.586 e. The molecule has 1 amide bonds. The van der Waals surface area contributed by atoms with Gasteiger partial charge in [0, 0.05) is 18.2 Å². The van der Waals surface area contributed by atoms with Crippen molar-refractivity contribution in [1.82, 2.24) is 9.78 Å². The van der Waals surface area contributed by atoms with Gasteiger partial charge in [0.1, 0.15) is 18.1 Å². The Hall–Kier alpha value is -4.79. The molecule has 0 unspecified atom stereocenters. The molecule has 0 bridgehead atoms. The van der Waals surface area contributed by atoms with Crippen molar-refractivity contribution in [2.75, 3.05) is 11.9 Å². The Labute approximate surface area is 200 Å². The fraction of sp³-hybridized carbons (Fsp3) is 0.167. The van der Waals surface area contributed by atoms with Crippen LogP contribution in [-0.2, 0) is 11.3 Å². The number of nitriles is 1. The number of hydrogen-bond donors (Lipinski definition) is 0. The molecule has 0 saturated carbocycles. The molecular weight excluding hydrogens is 481 g/mol. The van der Waals surface area contributed by atoms with Crippen molar-refractivity contribution in [1.29, 1.82) is 5.26 Å². The molecule has 182 valence electrons. The van der Waals surface area contributed by atoms with Crippen LogP contribution in [0.1, 0.15) is 11.1 Å². The summed E-state index contributed by atoms with van der Waals surface area (Å²) in [6.45, 7) is 0.952. The van der Waals surface area contributed by atoms with Gasteiger partial charge >= 0.3 is 6.29 Å². The topological polar surface area (TPSA) is 111 Å². The van der Waals surface area contributed by atoms with Crippen LogP contribution in [0.4, 0.5) is 18.9 Å². The molecule has 0 spiro atoms. The van der Waals surface area contributed by atoms with Gasteiger partial charge in [-0.15, -0.1) is 8.78 Å². The summed E-state index contributed by atoms with van der Waals surface area (Å²) >= 11 is 0. The molecule has 1 aliphatic heterocycles. The van der Waals surface area contributed by atoms with E-state index in [2.05, 4.69) is 14.6 Å². The number of nitrogens with zero attached hydrogens (tertiary/aromatic N) is 4. The highest BCUT2D eigenvalue weighted by Crippen LogP contribution is 2.46. The summed E-state index contributed by atoms with van der Waals surface area (Å²) in [6, 6.07) is 9.44. The van der Waals surface area contributed by atoms with Crippen molar-refractivity contribution in [2.24, 2.45) is 0 Å². The molecule has 36 heavy (non-hydrogen) atoms. The van der Waals surface area contributed by atoms with Gasteiger partial charge < -0.3 is 18.8 Å². The van der Waals surface area contributed by atoms with E-state index in [0.29, 0.717) is 0 Å². The highest BCUT2D eigenvalue weighted by atomic mass is 19.3. The van der Waals surface area contributed by atoms with Crippen LogP contribution in [0.2, 0.25) is 0 Å². The number of rotatable bonds is 4. The summed E-state index contributed by atoms with van der Waals surface area (Å²) in [7, 11) is 1.40.